The van der Waals surface area contributed by atoms with Crippen molar-refractivity contribution in [1.82, 2.24) is 15.3 Å². The minimum absolute atomic E-state index is 0.00907. The summed E-state index contributed by atoms with van der Waals surface area (Å²) < 4.78 is 34.7. The number of thioether (sulfide) groups is 1. The van der Waals surface area contributed by atoms with Gasteiger partial charge in [0.2, 0.25) is 5.88 Å². The van der Waals surface area contributed by atoms with E-state index in [1.807, 2.05) is 14.0 Å². The summed E-state index contributed by atoms with van der Waals surface area (Å²) in [6, 6.07) is 4.41. The van der Waals surface area contributed by atoms with Crippen LogP contribution < -0.4 is 15.8 Å². The fraction of sp³-hybridized carbons (Fsp3) is 0.318. The highest BCUT2D eigenvalue weighted by molar-refractivity contribution is 8.13. The molecule has 6 nitrogen and oxygen atoms in total. The Morgan fingerprint density at radius 1 is 1.45 bits per heavy atom. The van der Waals surface area contributed by atoms with Crippen molar-refractivity contribution in [2.75, 3.05) is 26.0 Å². The van der Waals surface area contributed by atoms with E-state index in [0.717, 1.165) is 0 Å². The zero-order valence-electron chi connectivity index (χ0n) is 17.2. The Morgan fingerprint density at radius 3 is 2.94 bits per heavy atom. The van der Waals surface area contributed by atoms with Crippen molar-refractivity contribution in [1.29, 1.82) is 0 Å². The summed E-state index contributed by atoms with van der Waals surface area (Å²) >= 11 is 1.44. The van der Waals surface area contributed by atoms with E-state index < -0.39 is 17.2 Å². The third kappa shape index (κ3) is 5.21. The van der Waals surface area contributed by atoms with Gasteiger partial charge < -0.3 is 15.8 Å². The first kappa shape index (κ1) is 22.7. The van der Waals surface area contributed by atoms with Gasteiger partial charge in [0.15, 0.2) is 17.6 Å². The molecule has 0 fully saturated rings. The number of terminal acetylenes is 1. The highest BCUT2D eigenvalue weighted by Gasteiger charge is 2.40. The van der Waals surface area contributed by atoms with Crippen LogP contribution in [0.2, 0.25) is 0 Å². The fourth-order valence-electron chi connectivity index (χ4n) is 3.36. The van der Waals surface area contributed by atoms with Gasteiger partial charge in [-0.25, -0.2) is 18.7 Å². The van der Waals surface area contributed by atoms with Crippen molar-refractivity contribution >= 4 is 28.8 Å². The van der Waals surface area contributed by atoms with Crippen LogP contribution in [0.15, 0.2) is 35.6 Å². The molecule has 1 aromatic carbocycles. The molecule has 9 heteroatoms. The molecule has 0 saturated carbocycles. The third-order valence-electron chi connectivity index (χ3n) is 5.03. The molecule has 1 aliphatic rings. The van der Waals surface area contributed by atoms with E-state index in [4.69, 9.17) is 16.9 Å². The van der Waals surface area contributed by atoms with Gasteiger partial charge in [0, 0.05) is 23.8 Å². The second-order valence-electron chi connectivity index (χ2n) is 7.13. The molecule has 2 atom stereocenters. The molecule has 0 saturated heterocycles. The van der Waals surface area contributed by atoms with Crippen LogP contribution in [0.5, 0.6) is 5.88 Å². The second-order valence-corrected chi connectivity index (χ2v) is 8.17. The van der Waals surface area contributed by atoms with Gasteiger partial charge in [-0.1, -0.05) is 23.7 Å². The lowest BCUT2D eigenvalue weighted by atomic mass is 9.79. The minimum Gasteiger partial charge on any atom is -0.463 e. The van der Waals surface area contributed by atoms with Crippen molar-refractivity contribution in [2.24, 2.45) is 16.6 Å². The summed E-state index contributed by atoms with van der Waals surface area (Å²) in [5.41, 5.74) is 5.94. The highest BCUT2D eigenvalue weighted by Crippen LogP contribution is 2.41. The van der Waals surface area contributed by atoms with Crippen LogP contribution in [0, 0.1) is 24.1 Å². The molecule has 0 unspecified atom stereocenters. The maximum Gasteiger partial charge on any atom is 0.233 e. The first-order valence-electron chi connectivity index (χ1n) is 9.56. The first-order chi connectivity index (χ1) is 14.9. The highest BCUT2D eigenvalue weighted by atomic mass is 32.2. The second kappa shape index (κ2) is 9.90. The summed E-state index contributed by atoms with van der Waals surface area (Å²) in [4.78, 5) is 12.5. The number of rotatable bonds is 7. The number of nitrogens with two attached hydrogens (primary N) is 1. The number of hydrogen-bond acceptors (Lipinski definition) is 7. The zero-order valence-corrected chi connectivity index (χ0v) is 18.0. The van der Waals surface area contributed by atoms with Gasteiger partial charge in [-0.05, 0) is 37.7 Å². The summed E-state index contributed by atoms with van der Waals surface area (Å²) in [6.07, 6.45) is 8.93. The number of nitrogens with zero attached hydrogens (tertiary/aromatic N) is 3. The Labute approximate surface area is 184 Å². The van der Waals surface area contributed by atoms with Crippen LogP contribution in [0.4, 0.5) is 8.78 Å². The number of aromatic nitrogens is 2. The Bertz CT molecular complexity index is 1040. The smallest absolute Gasteiger partial charge is 0.233 e. The maximum atomic E-state index is 14.8. The summed E-state index contributed by atoms with van der Waals surface area (Å²) in [6.45, 7) is 2.53. The lowest BCUT2D eigenvalue weighted by Gasteiger charge is -2.38. The quantitative estimate of drug-likeness (QED) is 0.640. The molecule has 0 bridgehead atoms. The monoisotopic (exact) mass is 443 g/mol. The molecule has 31 heavy (non-hydrogen) atoms. The van der Waals surface area contributed by atoms with Crippen molar-refractivity contribution in [2.45, 2.75) is 12.5 Å². The van der Waals surface area contributed by atoms with Gasteiger partial charge in [0.05, 0.1) is 17.9 Å². The van der Waals surface area contributed by atoms with E-state index in [1.165, 1.54) is 42.4 Å². The van der Waals surface area contributed by atoms with Crippen molar-refractivity contribution in [3.8, 4) is 18.2 Å². The molecule has 2 heterocycles. The number of nitrogens with one attached hydrogen (secondary N) is 1. The van der Waals surface area contributed by atoms with Crippen LogP contribution in [-0.2, 0) is 5.54 Å². The number of amidine groups is 1. The molecule has 0 radical (unpaired) electrons. The van der Waals surface area contributed by atoms with E-state index in [-0.39, 0.29) is 24.1 Å². The van der Waals surface area contributed by atoms with Crippen LogP contribution in [0.3, 0.4) is 0 Å². The molecule has 1 aromatic heterocycles. The molecule has 0 spiro atoms. The first-order valence-corrected chi connectivity index (χ1v) is 10.5. The number of halogens is 2. The number of benzene rings is 1. The number of hydrogen-bond donors (Lipinski definition) is 2. The fourth-order valence-corrected chi connectivity index (χ4v) is 4.42. The Hall–Kier alpha value is -2.96. The Kier molecular flexibility index (Phi) is 7.25. The van der Waals surface area contributed by atoms with Crippen molar-refractivity contribution in [3.63, 3.8) is 0 Å². The van der Waals surface area contributed by atoms with Crippen LogP contribution in [0.25, 0.3) is 11.9 Å². The third-order valence-corrected chi connectivity index (χ3v) is 5.98. The van der Waals surface area contributed by atoms with Gasteiger partial charge in [-0.2, -0.15) is 0 Å². The maximum absolute atomic E-state index is 14.8. The standard InChI is InChI=1S/C22H23F2N5OS/c1-4-7-30-20-12-27-19(11-28-20)18(24)9-14-5-6-17(23)16(8-14)22(2)15(10-26-3)13-31-21(25)29-22/h1,5-6,8-9,11-12,15,26H,7,10,13H2,2-3H3,(H2,25,29)/b18-9-/t15-,22-/m0/s1. The van der Waals surface area contributed by atoms with E-state index in [0.29, 0.717) is 28.6 Å². The molecule has 3 rings (SSSR count). The van der Waals surface area contributed by atoms with Gasteiger partial charge >= 0.3 is 0 Å². The van der Waals surface area contributed by atoms with E-state index in [2.05, 4.69) is 26.2 Å². The van der Waals surface area contributed by atoms with Gasteiger partial charge in [0.1, 0.15) is 11.5 Å². The Balaban J connectivity index is 1.93. The van der Waals surface area contributed by atoms with E-state index >= 15 is 0 Å². The summed E-state index contributed by atoms with van der Waals surface area (Å²) in [5, 5.41) is 3.53. The van der Waals surface area contributed by atoms with Crippen LogP contribution >= 0.6 is 11.8 Å². The summed E-state index contributed by atoms with van der Waals surface area (Å²) in [5.74, 6) is 2.19. The molecule has 162 valence electrons. The average molecular weight is 444 g/mol. The van der Waals surface area contributed by atoms with Crippen LogP contribution in [0.1, 0.15) is 23.7 Å². The lowest BCUT2D eigenvalue weighted by molar-refractivity contribution is 0.313. The van der Waals surface area contributed by atoms with Crippen molar-refractivity contribution in [3.05, 3.63) is 53.2 Å². The average Bonchev–Trinajstić information content (AvgIpc) is 2.76. The van der Waals surface area contributed by atoms with Crippen LogP contribution in [-0.4, -0.2) is 41.1 Å². The largest absolute Gasteiger partial charge is 0.463 e. The van der Waals surface area contributed by atoms with E-state index in [1.54, 1.807) is 6.07 Å². The Morgan fingerprint density at radius 2 is 2.26 bits per heavy atom. The molecule has 1 aliphatic heterocycles. The SMILES string of the molecule is C#CCOc1cnc(/C(F)=C/c2ccc(F)c([C@@]3(C)N=C(N)SC[C@@H]3CNC)c2)cn1. The molecule has 0 amide bonds. The van der Waals surface area contributed by atoms with Gasteiger partial charge in [0.25, 0.3) is 0 Å². The normalized spacial score (nSPS) is 21.3. The minimum atomic E-state index is -0.876. The molecular weight excluding hydrogens is 420 g/mol. The van der Waals surface area contributed by atoms with Gasteiger partial charge in [-0.15, -0.1) is 6.42 Å². The zero-order chi connectivity index (χ0) is 22.4. The predicted octanol–water partition coefficient (Wildman–Crippen LogP) is 3.21. The van der Waals surface area contributed by atoms with Crippen molar-refractivity contribution < 1.29 is 13.5 Å². The number of aliphatic imine (C=N–C) groups is 1. The van der Waals surface area contributed by atoms with E-state index in [9.17, 15) is 8.78 Å². The lowest BCUT2D eigenvalue weighted by Crippen LogP contribution is -2.43. The number of ether oxygens (including phenoxy) is 1. The molecular formula is C22H23F2N5OS. The predicted molar refractivity (Wildman–Crippen MR) is 121 cm³/mol. The molecule has 3 N–H and O–H groups in total. The topological polar surface area (TPSA) is 85.4 Å². The van der Waals surface area contributed by atoms with Gasteiger partial charge in [-0.3, -0.25) is 4.99 Å². The molecule has 0 aliphatic carbocycles. The molecule has 2 aromatic rings. The summed E-state index contributed by atoms with van der Waals surface area (Å²) in [7, 11) is 1.83.